The maximum atomic E-state index is 12.5. The second kappa shape index (κ2) is 12.0. The summed E-state index contributed by atoms with van der Waals surface area (Å²) in [4.78, 5) is 16.9. The van der Waals surface area contributed by atoms with E-state index in [0.29, 0.717) is 30.2 Å². The number of carbonyl (C=O) groups is 1. The summed E-state index contributed by atoms with van der Waals surface area (Å²) in [6, 6.07) is 28.9. The molecular weight excluding hydrogens is 490 g/mol. The number of nitrogens with one attached hydrogen (secondary N) is 2. The number of carbonyl (C=O) groups excluding carboxylic acids is 1. The number of nitrogens with zero attached hydrogens (tertiary/aromatic N) is 3. The van der Waals surface area contributed by atoms with Gasteiger partial charge in [-0.2, -0.15) is 5.10 Å². The maximum Gasteiger partial charge on any atom is 0.251 e. The number of ether oxygens (including phenoxy) is 2. The van der Waals surface area contributed by atoms with Crippen molar-refractivity contribution in [2.75, 3.05) is 32.6 Å². The van der Waals surface area contributed by atoms with Gasteiger partial charge < -0.3 is 20.1 Å². The van der Waals surface area contributed by atoms with E-state index < -0.39 is 0 Å². The van der Waals surface area contributed by atoms with Gasteiger partial charge in [-0.15, -0.1) is 0 Å². The number of para-hydroxylation sites is 1. The molecule has 8 heteroatoms. The highest BCUT2D eigenvalue weighted by molar-refractivity contribution is 5.94. The molecule has 0 atom stereocenters. The topological polar surface area (TPSA) is 90.3 Å². The van der Waals surface area contributed by atoms with Crippen LogP contribution in [-0.2, 0) is 0 Å². The molecule has 0 aliphatic rings. The van der Waals surface area contributed by atoms with Crippen molar-refractivity contribution in [1.29, 1.82) is 0 Å². The lowest BCUT2D eigenvalue weighted by molar-refractivity contribution is 0.0955. The summed E-state index contributed by atoms with van der Waals surface area (Å²) in [6.07, 6.45) is 3.79. The van der Waals surface area contributed by atoms with Crippen LogP contribution in [0.2, 0.25) is 0 Å². The highest BCUT2D eigenvalue weighted by atomic mass is 16.5. The van der Waals surface area contributed by atoms with Crippen LogP contribution < -0.4 is 20.1 Å². The van der Waals surface area contributed by atoms with Crippen LogP contribution in [0.1, 0.15) is 10.4 Å². The zero-order valence-electron chi connectivity index (χ0n) is 21.8. The first-order chi connectivity index (χ1) is 19.1. The van der Waals surface area contributed by atoms with Crippen LogP contribution in [0.25, 0.3) is 28.1 Å². The molecule has 2 heterocycles. The van der Waals surface area contributed by atoms with Crippen LogP contribution >= 0.6 is 0 Å². The van der Waals surface area contributed by atoms with Crippen molar-refractivity contribution in [1.82, 2.24) is 20.1 Å². The molecule has 1 amide bonds. The Morgan fingerprint density at radius 3 is 2.38 bits per heavy atom. The normalized spacial score (nSPS) is 10.6. The zero-order chi connectivity index (χ0) is 27.0. The molecule has 3 aromatic carbocycles. The number of aromatic nitrogens is 3. The van der Waals surface area contributed by atoms with Crippen LogP contribution in [0.4, 0.5) is 5.82 Å². The van der Waals surface area contributed by atoms with E-state index in [0.717, 1.165) is 33.8 Å². The monoisotopic (exact) mass is 519 g/mol. The van der Waals surface area contributed by atoms with Crippen molar-refractivity contribution in [2.24, 2.45) is 0 Å². The highest BCUT2D eigenvalue weighted by Crippen LogP contribution is 2.34. The van der Waals surface area contributed by atoms with Gasteiger partial charge in [0, 0.05) is 42.2 Å². The van der Waals surface area contributed by atoms with E-state index in [1.165, 1.54) is 0 Å². The lowest BCUT2D eigenvalue weighted by Gasteiger charge is -2.10. The van der Waals surface area contributed by atoms with Crippen molar-refractivity contribution in [3.05, 3.63) is 109 Å². The third kappa shape index (κ3) is 6.07. The third-order valence-electron chi connectivity index (χ3n) is 6.20. The van der Waals surface area contributed by atoms with E-state index >= 15 is 0 Å². The largest absolute Gasteiger partial charge is 0.497 e. The molecule has 2 aromatic heterocycles. The van der Waals surface area contributed by atoms with E-state index in [2.05, 4.69) is 15.6 Å². The Kier molecular flexibility index (Phi) is 7.83. The molecule has 0 aliphatic carbocycles. The van der Waals surface area contributed by atoms with Crippen LogP contribution in [0.3, 0.4) is 0 Å². The summed E-state index contributed by atoms with van der Waals surface area (Å²) in [5, 5.41) is 11.2. The van der Waals surface area contributed by atoms with Gasteiger partial charge in [0.25, 0.3) is 5.91 Å². The van der Waals surface area contributed by atoms with Crippen LogP contribution in [0, 0.1) is 0 Å². The molecule has 39 heavy (non-hydrogen) atoms. The molecule has 8 nitrogen and oxygen atoms in total. The first kappa shape index (κ1) is 25.5. The minimum absolute atomic E-state index is 0.159. The Balaban J connectivity index is 1.34. The predicted octanol–water partition coefficient (Wildman–Crippen LogP) is 5.46. The van der Waals surface area contributed by atoms with Crippen LogP contribution in [0.15, 0.2) is 103 Å². The molecule has 0 bridgehead atoms. The van der Waals surface area contributed by atoms with Gasteiger partial charge in [-0.1, -0.05) is 36.4 Å². The second-order valence-corrected chi connectivity index (χ2v) is 8.75. The van der Waals surface area contributed by atoms with E-state index in [4.69, 9.17) is 14.6 Å². The number of anilines is 1. The molecule has 0 aliphatic heterocycles. The minimum Gasteiger partial charge on any atom is -0.497 e. The highest BCUT2D eigenvalue weighted by Gasteiger charge is 2.16. The van der Waals surface area contributed by atoms with E-state index in [-0.39, 0.29) is 5.91 Å². The van der Waals surface area contributed by atoms with Gasteiger partial charge in [-0.3, -0.25) is 4.79 Å². The Bertz CT molecular complexity index is 1570. The average molecular weight is 520 g/mol. The summed E-state index contributed by atoms with van der Waals surface area (Å²) >= 11 is 0. The van der Waals surface area contributed by atoms with Gasteiger partial charge in [-0.05, 0) is 60.2 Å². The molecule has 2 N–H and O–H groups in total. The molecular formula is C31H29N5O3. The predicted molar refractivity (Wildman–Crippen MR) is 153 cm³/mol. The number of hydrogen-bond donors (Lipinski definition) is 2. The summed E-state index contributed by atoms with van der Waals surface area (Å²) in [7, 11) is 3.23. The van der Waals surface area contributed by atoms with E-state index in [1.54, 1.807) is 44.7 Å². The number of methoxy groups -OCH3 is 2. The first-order valence-corrected chi connectivity index (χ1v) is 12.6. The zero-order valence-corrected chi connectivity index (χ0v) is 21.8. The molecule has 0 spiro atoms. The number of rotatable bonds is 10. The molecule has 5 rings (SSSR count). The Hall–Kier alpha value is -5.11. The van der Waals surface area contributed by atoms with Gasteiger partial charge in [0.2, 0.25) is 0 Å². The van der Waals surface area contributed by atoms with Crippen molar-refractivity contribution >= 4 is 11.7 Å². The van der Waals surface area contributed by atoms with Gasteiger partial charge >= 0.3 is 0 Å². The number of benzene rings is 3. The van der Waals surface area contributed by atoms with Crippen molar-refractivity contribution in [3.63, 3.8) is 0 Å². The lowest BCUT2D eigenvalue weighted by atomic mass is 10.0. The van der Waals surface area contributed by atoms with Crippen molar-refractivity contribution < 1.29 is 14.3 Å². The number of pyridine rings is 1. The Morgan fingerprint density at radius 1 is 0.821 bits per heavy atom. The molecule has 0 saturated carbocycles. The molecule has 0 fully saturated rings. The summed E-state index contributed by atoms with van der Waals surface area (Å²) in [5.74, 6) is 1.95. The quantitative estimate of drug-likeness (QED) is 0.238. The second-order valence-electron chi connectivity index (χ2n) is 8.75. The number of hydrogen-bond acceptors (Lipinski definition) is 6. The molecule has 5 aromatic rings. The molecule has 196 valence electrons. The molecule has 0 saturated heterocycles. The fraction of sp³-hybridized carbons (Fsp3) is 0.129. The van der Waals surface area contributed by atoms with Gasteiger partial charge in [-0.25, -0.2) is 9.67 Å². The fourth-order valence-corrected chi connectivity index (χ4v) is 4.21. The van der Waals surface area contributed by atoms with Crippen molar-refractivity contribution in [3.8, 4) is 39.6 Å². The Morgan fingerprint density at radius 2 is 1.59 bits per heavy atom. The lowest BCUT2D eigenvalue weighted by Crippen LogP contribution is -2.28. The average Bonchev–Trinajstić information content (AvgIpc) is 3.46. The smallest absolute Gasteiger partial charge is 0.251 e. The molecule has 0 radical (unpaired) electrons. The maximum absolute atomic E-state index is 12.5. The van der Waals surface area contributed by atoms with Gasteiger partial charge in [0.15, 0.2) is 0 Å². The summed E-state index contributed by atoms with van der Waals surface area (Å²) < 4.78 is 12.5. The van der Waals surface area contributed by atoms with Crippen LogP contribution in [-0.4, -0.2) is 48.0 Å². The number of amides is 1. The van der Waals surface area contributed by atoms with Gasteiger partial charge in [0.1, 0.15) is 23.0 Å². The van der Waals surface area contributed by atoms with Crippen molar-refractivity contribution in [2.45, 2.75) is 0 Å². The first-order valence-electron chi connectivity index (χ1n) is 12.6. The summed E-state index contributed by atoms with van der Waals surface area (Å²) in [6.45, 7) is 0.946. The van der Waals surface area contributed by atoms with E-state index in [9.17, 15) is 4.79 Å². The Labute approximate surface area is 227 Å². The third-order valence-corrected chi connectivity index (χ3v) is 6.20. The minimum atomic E-state index is -0.159. The van der Waals surface area contributed by atoms with E-state index in [1.807, 2.05) is 77.6 Å². The molecule has 0 unspecified atom stereocenters. The van der Waals surface area contributed by atoms with Crippen LogP contribution in [0.5, 0.6) is 11.5 Å². The summed E-state index contributed by atoms with van der Waals surface area (Å²) in [5.41, 5.74) is 5.23. The standard InChI is InChI=1S/C31H29N5O3/c1-38-26-12-6-8-23(18-26)30-28(21-36(35-30)25-10-4-3-5-11-25)22-14-15-32-29(20-22)33-16-17-34-31(37)24-9-7-13-27(19-24)39-2/h3-15,18-21H,16-17H2,1-2H3,(H,32,33)(H,34,37). The fourth-order valence-electron chi connectivity index (χ4n) is 4.21. The van der Waals surface area contributed by atoms with Gasteiger partial charge in [0.05, 0.1) is 19.9 Å². The SMILES string of the molecule is COc1cccc(C(=O)NCCNc2cc(-c3cn(-c4ccccc4)nc3-c3cccc(OC)c3)ccn2)c1.